The maximum absolute atomic E-state index is 13.2. The molecule has 0 spiro atoms. The second kappa shape index (κ2) is 9.40. The first-order chi connectivity index (χ1) is 13.6. The SMILES string of the molecule is COc1ccc(/C=C/C(=O)N2CCCCC(c3ccc(F)cc3)C2)cc1OC. The highest BCUT2D eigenvalue weighted by Crippen LogP contribution is 2.29. The molecule has 0 radical (unpaired) electrons. The van der Waals surface area contributed by atoms with Crippen molar-refractivity contribution in [1.29, 1.82) is 0 Å². The highest BCUT2D eigenvalue weighted by Gasteiger charge is 2.22. The molecule has 1 amide bonds. The van der Waals surface area contributed by atoms with E-state index in [0.29, 0.717) is 18.0 Å². The average molecular weight is 383 g/mol. The first-order valence-electron chi connectivity index (χ1n) is 9.55. The number of hydrogen-bond donors (Lipinski definition) is 0. The number of hydrogen-bond acceptors (Lipinski definition) is 3. The van der Waals surface area contributed by atoms with E-state index < -0.39 is 0 Å². The van der Waals surface area contributed by atoms with E-state index in [2.05, 4.69) is 0 Å². The van der Waals surface area contributed by atoms with Crippen molar-refractivity contribution in [2.45, 2.75) is 25.2 Å². The fourth-order valence-corrected chi connectivity index (χ4v) is 3.58. The van der Waals surface area contributed by atoms with Crippen molar-refractivity contribution in [1.82, 2.24) is 4.90 Å². The number of likely N-dealkylation sites (tertiary alicyclic amines) is 1. The van der Waals surface area contributed by atoms with E-state index in [4.69, 9.17) is 9.47 Å². The number of methoxy groups -OCH3 is 2. The van der Waals surface area contributed by atoms with E-state index in [1.807, 2.05) is 35.2 Å². The molecule has 1 aliphatic heterocycles. The normalized spacial score (nSPS) is 17.4. The zero-order valence-corrected chi connectivity index (χ0v) is 16.4. The van der Waals surface area contributed by atoms with Crippen LogP contribution < -0.4 is 9.47 Å². The Balaban J connectivity index is 1.70. The van der Waals surface area contributed by atoms with Gasteiger partial charge in [-0.1, -0.05) is 24.6 Å². The number of carbonyl (C=O) groups excluding carboxylic acids is 1. The van der Waals surface area contributed by atoms with Gasteiger partial charge in [-0.25, -0.2) is 4.39 Å². The summed E-state index contributed by atoms with van der Waals surface area (Å²) in [6, 6.07) is 12.2. The molecule has 148 valence electrons. The summed E-state index contributed by atoms with van der Waals surface area (Å²) < 4.78 is 23.8. The van der Waals surface area contributed by atoms with Gasteiger partial charge in [-0.2, -0.15) is 0 Å². The van der Waals surface area contributed by atoms with Crippen molar-refractivity contribution in [3.05, 3.63) is 65.5 Å². The fourth-order valence-electron chi connectivity index (χ4n) is 3.58. The van der Waals surface area contributed by atoms with Gasteiger partial charge in [-0.15, -0.1) is 0 Å². The summed E-state index contributed by atoms with van der Waals surface area (Å²) in [6.45, 7) is 1.40. The van der Waals surface area contributed by atoms with Crippen LogP contribution in [0.5, 0.6) is 11.5 Å². The van der Waals surface area contributed by atoms with E-state index >= 15 is 0 Å². The van der Waals surface area contributed by atoms with Crippen molar-refractivity contribution in [2.75, 3.05) is 27.3 Å². The van der Waals surface area contributed by atoms with Crippen molar-refractivity contribution in [3.8, 4) is 11.5 Å². The lowest BCUT2D eigenvalue weighted by molar-refractivity contribution is -0.126. The molecule has 28 heavy (non-hydrogen) atoms. The lowest BCUT2D eigenvalue weighted by Gasteiger charge is -2.23. The minimum atomic E-state index is -0.233. The first kappa shape index (κ1) is 19.9. The van der Waals surface area contributed by atoms with Gasteiger partial charge in [0, 0.05) is 25.1 Å². The van der Waals surface area contributed by atoms with Gasteiger partial charge in [0.1, 0.15) is 5.82 Å². The van der Waals surface area contributed by atoms with Crippen LogP contribution in [0.2, 0.25) is 0 Å². The molecule has 0 N–H and O–H groups in total. The molecule has 3 rings (SSSR count). The molecule has 2 aromatic rings. The highest BCUT2D eigenvalue weighted by molar-refractivity contribution is 5.92. The van der Waals surface area contributed by atoms with Crippen molar-refractivity contribution in [3.63, 3.8) is 0 Å². The van der Waals surface area contributed by atoms with Gasteiger partial charge in [-0.3, -0.25) is 4.79 Å². The van der Waals surface area contributed by atoms with E-state index in [1.165, 1.54) is 12.1 Å². The van der Waals surface area contributed by atoms with Gasteiger partial charge < -0.3 is 14.4 Å². The fraction of sp³-hybridized carbons (Fsp3) is 0.348. The summed E-state index contributed by atoms with van der Waals surface area (Å²) in [6.07, 6.45) is 6.45. The van der Waals surface area contributed by atoms with Crippen LogP contribution in [-0.4, -0.2) is 38.1 Å². The molecule has 0 bridgehead atoms. The molecule has 5 heteroatoms. The Morgan fingerprint density at radius 3 is 2.54 bits per heavy atom. The molecular weight excluding hydrogens is 357 g/mol. The Hall–Kier alpha value is -2.82. The number of benzene rings is 2. The van der Waals surface area contributed by atoms with Gasteiger partial charge >= 0.3 is 0 Å². The van der Waals surface area contributed by atoms with Crippen LogP contribution in [0.4, 0.5) is 4.39 Å². The lowest BCUT2D eigenvalue weighted by atomic mass is 9.94. The molecule has 4 nitrogen and oxygen atoms in total. The van der Waals surface area contributed by atoms with E-state index in [1.54, 1.807) is 26.4 Å². The van der Waals surface area contributed by atoms with Crippen molar-refractivity contribution in [2.24, 2.45) is 0 Å². The van der Waals surface area contributed by atoms with Gasteiger partial charge in [0.2, 0.25) is 5.91 Å². The Bertz CT molecular complexity index is 832. The molecule has 0 aromatic heterocycles. The average Bonchev–Trinajstić information content (AvgIpc) is 2.98. The topological polar surface area (TPSA) is 38.8 Å². The molecule has 1 atom stereocenters. The number of amides is 1. The van der Waals surface area contributed by atoms with Crippen LogP contribution in [0, 0.1) is 5.82 Å². The Kier molecular flexibility index (Phi) is 6.69. The van der Waals surface area contributed by atoms with Crippen LogP contribution in [0.3, 0.4) is 0 Å². The molecular formula is C23H26FNO3. The van der Waals surface area contributed by atoms with Crippen molar-refractivity contribution < 1.29 is 18.7 Å². The van der Waals surface area contributed by atoms with E-state index in [0.717, 1.165) is 36.9 Å². The van der Waals surface area contributed by atoms with Gasteiger partial charge in [0.15, 0.2) is 11.5 Å². The molecule has 1 aliphatic rings. The zero-order chi connectivity index (χ0) is 19.9. The van der Waals surface area contributed by atoms with E-state index in [-0.39, 0.29) is 17.6 Å². The molecule has 0 aliphatic carbocycles. The minimum absolute atomic E-state index is 0.0104. The quantitative estimate of drug-likeness (QED) is 0.706. The Morgan fingerprint density at radius 2 is 1.82 bits per heavy atom. The zero-order valence-electron chi connectivity index (χ0n) is 16.4. The van der Waals surface area contributed by atoms with Crippen LogP contribution in [0.1, 0.15) is 36.3 Å². The smallest absolute Gasteiger partial charge is 0.246 e. The molecule has 1 fully saturated rings. The van der Waals surface area contributed by atoms with Gasteiger partial charge in [0.05, 0.1) is 14.2 Å². The summed E-state index contributed by atoms with van der Waals surface area (Å²) >= 11 is 0. The maximum Gasteiger partial charge on any atom is 0.246 e. The van der Waals surface area contributed by atoms with Crippen LogP contribution in [0.25, 0.3) is 6.08 Å². The number of rotatable bonds is 5. The second-order valence-electron chi connectivity index (χ2n) is 6.98. The summed E-state index contributed by atoms with van der Waals surface area (Å²) in [5, 5.41) is 0. The van der Waals surface area contributed by atoms with Gasteiger partial charge in [-0.05, 0) is 54.3 Å². The Morgan fingerprint density at radius 1 is 1.07 bits per heavy atom. The third kappa shape index (κ3) is 4.91. The van der Waals surface area contributed by atoms with Crippen LogP contribution in [-0.2, 0) is 4.79 Å². The minimum Gasteiger partial charge on any atom is -0.493 e. The third-order valence-electron chi connectivity index (χ3n) is 5.15. The van der Waals surface area contributed by atoms with Crippen LogP contribution >= 0.6 is 0 Å². The standard InChI is InChI=1S/C23H26FNO3/c1-27-21-12-6-17(15-22(21)28-2)7-13-23(26)25-14-4-3-5-19(16-25)18-8-10-20(24)11-9-18/h6-13,15,19H,3-5,14,16H2,1-2H3/b13-7+. The summed E-state index contributed by atoms with van der Waals surface area (Å²) in [4.78, 5) is 14.6. The molecule has 1 heterocycles. The molecule has 2 aromatic carbocycles. The summed E-state index contributed by atoms with van der Waals surface area (Å²) in [5.74, 6) is 1.28. The summed E-state index contributed by atoms with van der Waals surface area (Å²) in [7, 11) is 3.18. The van der Waals surface area contributed by atoms with Gasteiger partial charge in [0.25, 0.3) is 0 Å². The highest BCUT2D eigenvalue weighted by atomic mass is 19.1. The first-order valence-corrected chi connectivity index (χ1v) is 9.55. The number of nitrogens with zero attached hydrogens (tertiary/aromatic N) is 1. The molecule has 0 saturated carbocycles. The Labute approximate surface area is 165 Å². The predicted octanol–water partition coefficient (Wildman–Crippen LogP) is 4.65. The number of carbonyl (C=O) groups is 1. The van der Waals surface area contributed by atoms with E-state index in [9.17, 15) is 9.18 Å². The summed E-state index contributed by atoms with van der Waals surface area (Å²) in [5.41, 5.74) is 1.96. The monoisotopic (exact) mass is 383 g/mol. The number of ether oxygens (including phenoxy) is 2. The maximum atomic E-state index is 13.2. The lowest BCUT2D eigenvalue weighted by Crippen LogP contribution is -2.32. The van der Waals surface area contributed by atoms with Crippen LogP contribution in [0.15, 0.2) is 48.5 Å². The predicted molar refractivity (Wildman–Crippen MR) is 108 cm³/mol. The van der Waals surface area contributed by atoms with Crippen molar-refractivity contribution >= 4 is 12.0 Å². The molecule has 1 saturated heterocycles. The molecule has 1 unspecified atom stereocenters. The largest absolute Gasteiger partial charge is 0.493 e. The second-order valence-corrected chi connectivity index (χ2v) is 6.98. The third-order valence-corrected chi connectivity index (χ3v) is 5.15. The number of halogens is 1.